The van der Waals surface area contributed by atoms with E-state index in [0.717, 1.165) is 12.8 Å². The Hall–Kier alpha value is -0.870. The van der Waals surface area contributed by atoms with Gasteiger partial charge in [-0.3, -0.25) is 10.1 Å². The molecule has 1 fully saturated rings. The quantitative estimate of drug-likeness (QED) is 0.808. The zero-order valence-electron chi connectivity index (χ0n) is 8.64. The Morgan fingerprint density at radius 1 is 1.67 bits per heavy atom. The minimum Gasteiger partial charge on any atom is -0.480 e. The zero-order chi connectivity index (χ0) is 10.8. The van der Waals surface area contributed by atoms with Crippen LogP contribution in [0.5, 0.6) is 0 Å². The highest BCUT2D eigenvalue weighted by atomic mass is 32.1. The Bertz CT molecular complexity index is 332. The van der Waals surface area contributed by atoms with E-state index in [4.69, 9.17) is 5.11 Å². The average Bonchev–Trinajstić information content (AvgIpc) is 2.87. The van der Waals surface area contributed by atoms with Crippen LogP contribution in [0.1, 0.15) is 31.4 Å². The lowest BCUT2D eigenvalue weighted by molar-refractivity contribution is -0.140. The number of hydrogen-bond acceptors (Lipinski definition) is 3. The van der Waals surface area contributed by atoms with Crippen molar-refractivity contribution in [3.05, 3.63) is 22.4 Å². The maximum absolute atomic E-state index is 11.0. The Morgan fingerprint density at radius 2 is 2.40 bits per heavy atom. The number of carbonyl (C=O) groups is 1. The summed E-state index contributed by atoms with van der Waals surface area (Å²) >= 11 is 1.64. The molecule has 1 aliphatic rings. The molecule has 0 saturated heterocycles. The van der Waals surface area contributed by atoms with Crippen molar-refractivity contribution in [1.29, 1.82) is 0 Å². The van der Waals surface area contributed by atoms with Crippen molar-refractivity contribution >= 4 is 17.3 Å². The second kappa shape index (κ2) is 4.33. The zero-order valence-corrected chi connectivity index (χ0v) is 9.46. The summed E-state index contributed by atoms with van der Waals surface area (Å²) in [5.41, 5.74) is 1.17. The highest BCUT2D eigenvalue weighted by Gasteiger charge is 2.36. The lowest BCUT2D eigenvalue weighted by Crippen LogP contribution is -2.39. The molecule has 2 unspecified atom stereocenters. The Labute approximate surface area is 93.1 Å². The normalized spacial score (nSPS) is 19.8. The molecule has 2 N–H and O–H groups in total. The predicted molar refractivity (Wildman–Crippen MR) is 60.0 cm³/mol. The standard InChI is InChI=1S/C11H15NO2S/c1-7(9-4-5-15-6-9)12-10(11(13)14)8-2-3-8/h4-8,10,12H,2-3H2,1H3,(H,13,14). The first-order chi connectivity index (χ1) is 7.18. The van der Waals surface area contributed by atoms with Gasteiger partial charge >= 0.3 is 5.97 Å². The van der Waals surface area contributed by atoms with Crippen LogP contribution in [0.15, 0.2) is 16.8 Å². The van der Waals surface area contributed by atoms with Gasteiger partial charge in [0.2, 0.25) is 0 Å². The monoisotopic (exact) mass is 225 g/mol. The summed E-state index contributed by atoms with van der Waals surface area (Å²) in [6, 6.07) is 1.78. The molecule has 1 aromatic heterocycles. The number of thiophene rings is 1. The van der Waals surface area contributed by atoms with Crippen LogP contribution >= 0.6 is 11.3 Å². The summed E-state index contributed by atoms with van der Waals surface area (Å²) < 4.78 is 0. The number of hydrogen-bond donors (Lipinski definition) is 2. The third-order valence-corrected chi connectivity index (χ3v) is 3.53. The van der Waals surface area contributed by atoms with Crippen molar-refractivity contribution in [2.24, 2.45) is 5.92 Å². The Kier molecular flexibility index (Phi) is 3.07. The van der Waals surface area contributed by atoms with Crippen LogP contribution in [0, 0.1) is 5.92 Å². The number of carboxylic acids is 1. The van der Waals surface area contributed by atoms with Gasteiger partial charge in [0, 0.05) is 6.04 Å². The predicted octanol–water partition coefficient (Wildman–Crippen LogP) is 2.26. The summed E-state index contributed by atoms with van der Waals surface area (Å²) in [7, 11) is 0. The molecule has 2 rings (SSSR count). The average molecular weight is 225 g/mol. The lowest BCUT2D eigenvalue weighted by Gasteiger charge is -2.19. The minimum absolute atomic E-state index is 0.123. The molecule has 1 aromatic rings. The maximum Gasteiger partial charge on any atom is 0.320 e. The van der Waals surface area contributed by atoms with Crippen LogP contribution in [-0.4, -0.2) is 17.1 Å². The van der Waals surface area contributed by atoms with Crippen LogP contribution in [0.4, 0.5) is 0 Å². The third kappa shape index (κ3) is 2.58. The molecule has 0 bridgehead atoms. The van der Waals surface area contributed by atoms with Gasteiger partial charge in [-0.25, -0.2) is 0 Å². The van der Waals surface area contributed by atoms with E-state index in [0.29, 0.717) is 5.92 Å². The van der Waals surface area contributed by atoms with Gasteiger partial charge in [0.15, 0.2) is 0 Å². The van der Waals surface area contributed by atoms with E-state index in [9.17, 15) is 4.79 Å². The van der Waals surface area contributed by atoms with E-state index in [1.165, 1.54) is 5.56 Å². The van der Waals surface area contributed by atoms with Crippen molar-refractivity contribution in [2.75, 3.05) is 0 Å². The van der Waals surface area contributed by atoms with Gasteiger partial charge in [-0.05, 0) is 48.1 Å². The molecule has 1 saturated carbocycles. The van der Waals surface area contributed by atoms with Gasteiger partial charge in [-0.1, -0.05) is 0 Å². The van der Waals surface area contributed by atoms with Gasteiger partial charge in [-0.15, -0.1) is 0 Å². The Morgan fingerprint density at radius 3 is 2.87 bits per heavy atom. The number of carboxylic acid groups (broad SMARTS) is 1. The number of nitrogens with one attached hydrogen (secondary N) is 1. The van der Waals surface area contributed by atoms with Gasteiger partial charge in [0.05, 0.1) is 0 Å². The molecule has 0 aromatic carbocycles. The van der Waals surface area contributed by atoms with Crippen molar-refractivity contribution in [3.8, 4) is 0 Å². The fourth-order valence-corrected chi connectivity index (χ4v) is 2.48. The van der Waals surface area contributed by atoms with Crippen molar-refractivity contribution in [2.45, 2.75) is 31.8 Å². The molecule has 0 radical (unpaired) electrons. The SMILES string of the molecule is CC(NC(C(=O)O)C1CC1)c1ccsc1. The van der Waals surface area contributed by atoms with E-state index in [-0.39, 0.29) is 12.1 Å². The fraction of sp³-hybridized carbons (Fsp3) is 0.545. The van der Waals surface area contributed by atoms with Crippen LogP contribution in [0.3, 0.4) is 0 Å². The largest absolute Gasteiger partial charge is 0.480 e. The van der Waals surface area contributed by atoms with Crippen LogP contribution in [0.2, 0.25) is 0 Å². The molecule has 82 valence electrons. The van der Waals surface area contributed by atoms with Gasteiger partial charge in [-0.2, -0.15) is 11.3 Å². The second-order valence-corrected chi connectivity index (χ2v) is 4.88. The first-order valence-electron chi connectivity index (χ1n) is 5.19. The highest BCUT2D eigenvalue weighted by Crippen LogP contribution is 2.34. The van der Waals surface area contributed by atoms with Crippen LogP contribution < -0.4 is 5.32 Å². The van der Waals surface area contributed by atoms with Crippen molar-refractivity contribution < 1.29 is 9.90 Å². The molecular formula is C11H15NO2S. The van der Waals surface area contributed by atoms with E-state index < -0.39 is 5.97 Å². The first-order valence-corrected chi connectivity index (χ1v) is 6.13. The molecule has 3 nitrogen and oxygen atoms in total. The summed E-state index contributed by atoms with van der Waals surface area (Å²) in [6.07, 6.45) is 2.08. The molecule has 4 heteroatoms. The van der Waals surface area contributed by atoms with E-state index in [1.54, 1.807) is 11.3 Å². The van der Waals surface area contributed by atoms with E-state index in [1.807, 2.05) is 18.4 Å². The number of aliphatic carboxylic acids is 1. The molecule has 15 heavy (non-hydrogen) atoms. The highest BCUT2D eigenvalue weighted by molar-refractivity contribution is 7.07. The van der Waals surface area contributed by atoms with Crippen LogP contribution in [-0.2, 0) is 4.79 Å². The Balaban J connectivity index is 1.97. The van der Waals surface area contributed by atoms with E-state index >= 15 is 0 Å². The van der Waals surface area contributed by atoms with Gasteiger partial charge in [0.1, 0.15) is 6.04 Å². The summed E-state index contributed by atoms with van der Waals surface area (Å²) in [6.45, 7) is 2.01. The smallest absolute Gasteiger partial charge is 0.320 e. The molecular weight excluding hydrogens is 210 g/mol. The van der Waals surface area contributed by atoms with Gasteiger partial charge < -0.3 is 5.11 Å². The topological polar surface area (TPSA) is 49.3 Å². The molecule has 0 amide bonds. The summed E-state index contributed by atoms with van der Waals surface area (Å²) in [5, 5.41) is 16.3. The third-order valence-electron chi connectivity index (χ3n) is 2.83. The van der Waals surface area contributed by atoms with Crippen molar-refractivity contribution in [1.82, 2.24) is 5.32 Å². The van der Waals surface area contributed by atoms with E-state index in [2.05, 4.69) is 10.7 Å². The molecule has 1 heterocycles. The maximum atomic E-state index is 11.0. The fourth-order valence-electron chi connectivity index (χ4n) is 1.73. The molecule has 0 aliphatic heterocycles. The summed E-state index contributed by atoms with van der Waals surface area (Å²) in [4.78, 5) is 11.0. The van der Waals surface area contributed by atoms with Crippen LogP contribution in [0.25, 0.3) is 0 Å². The molecule has 2 atom stereocenters. The lowest BCUT2D eigenvalue weighted by atomic mass is 10.1. The molecule has 1 aliphatic carbocycles. The number of rotatable bonds is 5. The van der Waals surface area contributed by atoms with Crippen molar-refractivity contribution in [3.63, 3.8) is 0 Å². The first kappa shape index (κ1) is 10.6. The molecule has 0 spiro atoms. The second-order valence-electron chi connectivity index (χ2n) is 4.10. The minimum atomic E-state index is -0.723. The van der Waals surface area contributed by atoms with Gasteiger partial charge in [0.25, 0.3) is 0 Å². The summed E-state index contributed by atoms with van der Waals surface area (Å²) in [5.74, 6) is -0.386.